The topological polar surface area (TPSA) is 34.3 Å². The van der Waals surface area contributed by atoms with Gasteiger partial charge in [0, 0.05) is 12.8 Å². The maximum Gasteiger partial charge on any atom is 0.108 e. The summed E-state index contributed by atoms with van der Waals surface area (Å²) in [5, 5.41) is 0. The first kappa shape index (κ1) is 14.9. The lowest BCUT2D eigenvalue weighted by molar-refractivity contribution is 0.102. The second kappa shape index (κ2) is 6.83. The Balaban J connectivity index is 1.11. The average Bonchev–Trinajstić information content (AvgIpc) is 3.49. The maximum atomic E-state index is 5.77. The summed E-state index contributed by atoms with van der Waals surface area (Å²) in [6.45, 7) is 1.35. The molecule has 2 fully saturated rings. The molecule has 0 radical (unpaired) electrons. The van der Waals surface area contributed by atoms with Gasteiger partial charge in [0.15, 0.2) is 0 Å². The molecule has 4 rings (SSSR count). The van der Waals surface area contributed by atoms with Crippen molar-refractivity contribution in [3.05, 3.63) is 71.8 Å². The van der Waals surface area contributed by atoms with E-state index in [-0.39, 0.29) is 12.2 Å². The van der Waals surface area contributed by atoms with E-state index < -0.39 is 0 Å². The second-order valence-corrected chi connectivity index (χ2v) is 6.34. The van der Waals surface area contributed by atoms with Crippen molar-refractivity contribution in [2.45, 2.75) is 37.3 Å². The van der Waals surface area contributed by atoms with E-state index in [9.17, 15) is 0 Å². The molecule has 0 bridgehead atoms. The quantitative estimate of drug-likeness (QED) is 0.703. The molecule has 3 nitrogen and oxygen atoms in total. The van der Waals surface area contributed by atoms with E-state index in [4.69, 9.17) is 14.2 Å². The van der Waals surface area contributed by atoms with E-state index in [0.717, 1.165) is 12.8 Å². The molecule has 4 atom stereocenters. The smallest absolute Gasteiger partial charge is 0.108 e. The summed E-state index contributed by atoms with van der Waals surface area (Å²) >= 11 is 0. The van der Waals surface area contributed by atoms with Crippen molar-refractivity contribution in [1.29, 1.82) is 0 Å². The number of rotatable bonds is 8. The highest BCUT2D eigenvalue weighted by Gasteiger charge is 2.41. The van der Waals surface area contributed by atoms with Gasteiger partial charge in [0.1, 0.15) is 12.2 Å². The molecule has 0 aliphatic carbocycles. The Hall–Kier alpha value is -1.68. The third-order valence-electron chi connectivity index (χ3n) is 4.50. The van der Waals surface area contributed by atoms with Crippen LogP contribution >= 0.6 is 0 Å². The first-order valence-electron chi connectivity index (χ1n) is 8.35. The summed E-state index contributed by atoms with van der Waals surface area (Å²) in [4.78, 5) is 0. The van der Waals surface area contributed by atoms with Gasteiger partial charge in [-0.1, -0.05) is 60.7 Å². The monoisotopic (exact) mass is 310 g/mol. The molecule has 2 unspecified atom stereocenters. The van der Waals surface area contributed by atoms with Crippen LogP contribution in [0.4, 0.5) is 0 Å². The van der Waals surface area contributed by atoms with Gasteiger partial charge in [0.2, 0.25) is 0 Å². The first-order valence-corrected chi connectivity index (χ1v) is 8.35. The van der Waals surface area contributed by atoms with Crippen LogP contribution in [0, 0.1) is 0 Å². The second-order valence-electron chi connectivity index (χ2n) is 6.34. The van der Waals surface area contributed by atoms with Crippen LogP contribution in [0.3, 0.4) is 0 Å². The van der Waals surface area contributed by atoms with Gasteiger partial charge in [0.25, 0.3) is 0 Å². The van der Waals surface area contributed by atoms with Crippen molar-refractivity contribution in [2.75, 3.05) is 13.2 Å². The number of epoxide rings is 2. The van der Waals surface area contributed by atoms with Gasteiger partial charge in [-0.25, -0.2) is 0 Å². The van der Waals surface area contributed by atoms with Gasteiger partial charge in [-0.2, -0.15) is 0 Å². The summed E-state index contributed by atoms with van der Waals surface area (Å²) in [6, 6.07) is 20.9. The predicted octanol–water partition coefficient (Wildman–Crippen LogP) is 3.02. The number of ether oxygens (including phenoxy) is 3. The average molecular weight is 310 g/mol. The molecule has 23 heavy (non-hydrogen) atoms. The Kier molecular flexibility index (Phi) is 4.42. The third-order valence-corrected chi connectivity index (χ3v) is 4.50. The van der Waals surface area contributed by atoms with Crippen LogP contribution in [0.15, 0.2) is 60.7 Å². The Morgan fingerprint density at radius 2 is 1.04 bits per heavy atom. The minimum atomic E-state index is 0.251. The summed E-state index contributed by atoms with van der Waals surface area (Å²) < 4.78 is 17.1. The fourth-order valence-electron chi connectivity index (χ4n) is 3.00. The lowest BCUT2D eigenvalue weighted by atomic mass is 10.1. The molecule has 0 spiro atoms. The largest absolute Gasteiger partial charge is 0.376 e. The number of hydrogen-bond acceptors (Lipinski definition) is 3. The Morgan fingerprint density at radius 3 is 1.48 bits per heavy atom. The van der Waals surface area contributed by atoms with Gasteiger partial charge in [0.05, 0.1) is 25.4 Å². The van der Waals surface area contributed by atoms with Crippen molar-refractivity contribution in [3.8, 4) is 0 Å². The van der Waals surface area contributed by atoms with Crippen molar-refractivity contribution >= 4 is 0 Å². The molecule has 2 aromatic rings. The zero-order valence-corrected chi connectivity index (χ0v) is 13.1. The van der Waals surface area contributed by atoms with Crippen molar-refractivity contribution in [3.63, 3.8) is 0 Å². The van der Waals surface area contributed by atoms with Crippen LogP contribution in [0.25, 0.3) is 0 Å². The van der Waals surface area contributed by atoms with Gasteiger partial charge >= 0.3 is 0 Å². The maximum absolute atomic E-state index is 5.77. The van der Waals surface area contributed by atoms with Crippen LogP contribution in [-0.4, -0.2) is 37.6 Å². The molecule has 0 saturated carbocycles. The van der Waals surface area contributed by atoms with E-state index in [0.29, 0.717) is 25.4 Å². The van der Waals surface area contributed by atoms with E-state index in [1.807, 2.05) is 12.1 Å². The summed E-state index contributed by atoms with van der Waals surface area (Å²) in [7, 11) is 0. The zero-order chi connectivity index (χ0) is 15.5. The molecule has 120 valence electrons. The fraction of sp³-hybridized carbons (Fsp3) is 0.400. The van der Waals surface area contributed by atoms with Crippen molar-refractivity contribution < 1.29 is 14.2 Å². The first-order chi connectivity index (χ1) is 11.4. The molecule has 2 aliphatic rings. The minimum absolute atomic E-state index is 0.251. The molecular weight excluding hydrogens is 288 g/mol. The molecule has 0 amide bonds. The highest BCUT2D eigenvalue weighted by molar-refractivity contribution is 5.18. The number of hydrogen-bond donors (Lipinski definition) is 0. The Bertz CT molecular complexity index is 558. The van der Waals surface area contributed by atoms with Crippen LogP contribution < -0.4 is 0 Å². The van der Waals surface area contributed by atoms with Crippen molar-refractivity contribution in [2.24, 2.45) is 0 Å². The molecule has 3 heteroatoms. The number of benzene rings is 2. The zero-order valence-electron chi connectivity index (χ0n) is 13.1. The van der Waals surface area contributed by atoms with E-state index in [1.54, 1.807) is 0 Å². The van der Waals surface area contributed by atoms with Gasteiger partial charge in [-0.05, 0) is 11.1 Å². The predicted molar refractivity (Wildman–Crippen MR) is 88.4 cm³/mol. The molecule has 2 saturated heterocycles. The summed E-state index contributed by atoms with van der Waals surface area (Å²) in [5.74, 6) is 0. The molecule has 0 aromatic heterocycles. The molecule has 2 aliphatic heterocycles. The highest BCUT2D eigenvalue weighted by atomic mass is 16.6. The molecular formula is C20H22O3. The van der Waals surface area contributed by atoms with Gasteiger partial charge in [-0.3, -0.25) is 0 Å². The summed E-state index contributed by atoms with van der Waals surface area (Å²) in [6.07, 6.45) is 3.09. The van der Waals surface area contributed by atoms with E-state index in [1.165, 1.54) is 11.1 Å². The van der Waals surface area contributed by atoms with E-state index >= 15 is 0 Å². The molecule has 0 N–H and O–H groups in total. The van der Waals surface area contributed by atoms with Crippen LogP contribution in [0.5, 0.6) is 0 Å². The van der Waals surface area contributed by atoms with Crippen molar-refractivity contribution in [1.82, 2.24) is 0 Å². The normalized spacial score (nSPS) is 28.5. The minimum Gasteiger partial charge on any atom is -0.376 e. The Morgan fingerprint density at radius 1 is 0.609 bits per heavy atom. The summed E-state index contributed by atoms with van der Waals surface area (Å²) in [5.41, 5.74) is 2.65. The fourth-order valence-corrected chi connectivity index (χ4v) is 3.00. The standard InChI is InChI=1S/C20H22O3/c1-3-7-15(8-4-1)11-17-19(22-17)13-21-14-20-18(23-20)12-16-9-5-2-6-10-16/h1-10,17-20H,11-14H2/t17?,18?,19-,20-/m0/s1. The molecule has 2 aromatic carbocycles. The van der Waals surface area contributed by atoms with E-state index in [2.05, 4.69) is 48.5 Å². The van der Waals surface area contributed by atoms with Crippen LogP contribution in [0.1, 0.15) is 11.1 Å². The Labute approximate surface area is 137 Å². The van der Waals surface area contributed by atoms with Gasteiger partial charge in [-0.15, -0.1) is 0 Å². The van der Waals surface area contributed by atoms with Crippen LogP contribution in [-0.2, 0) is 27.1 Å². The lowest BCUT2D eigenvalue weighted by Crippen LogP contribution is -2.12. The van der Waals surface area contributed by atoms with Crippen LogP contribution in [0.2, 0.25) is 0 Å². The SMILES string of the molecule is c1ccc(CC2O[C@H]2COC[C@@H]2OC2Cc2ccccc2)cc1. The molecule has 2 heterocycles. The highest BCUT2D eigenvalue weighted by Crippen LogP contribution is 2.29. The van der Waals surface area contributed by atoms with Gasteiger partial charge < -0.3 is 14.2 Å². The lowest BCUT2D eigenvalue weighted by Gasteiger charge is -2.00. The third kappa shape index (κ3) is 4.20.